The molecule has 0 unspecified atom stereocenters. The van der Waals surface area contributed by atoms with Gasteiger partial charge in [0.25, 0.3) is 0 Å². The maximum absolute atomic E-state index is 10.8. The van der Waals surface area contributed by atoms with E-state index in [1.54, 1.807) is 0 Å². The summed E-state index contributed by atoms with van der Waals surface area (Å²) in [7, 11) is 0. The molecular formula is C20H21N3O. The predicted molar refractivity (Wildman–Crippen MR) is 97.4 cm³/mol. The normalized spacial score (nSPS) is 10.6. The summed E-state index contributed by atoms with van der Waals surface area (Å²) in [5.74, 6) is 0.544. The van der Waals surface area contributed by atoms with Crippen molar-refractivity contribution >= 4 is 12.2 Å². The summed E-state index contributed by atoms with van der Waals surface area (Å²) in [6, 6.07) is 18.6. The molecule has 0 aliphatic heterocycles. The summed E-state index contributed by atoms with van der Waals surface area (Å²) >= 11 is 0. The van der Waals surface area contributed by atoms with Crippen molar-refractivity contribution in [3.63, 3.8) is 0 Å². The minimum atomic E-state index is 0.544. The number of hydrogen-bond donors (Lipinski definition) is 1. The molecule has 1 amide bonds. The Balaban J connectivity index is 2.12. The number of aromatic nitrogens is 2. The Bertz CT molecular complexity index is 852. The van der Waals surface area contributed by atoms with E-state index in [0.29, 0.717) is 12.2 Å². The van der Waals surface area contributed by atoms with Crippen LogP contribution in [0, 0.1) is 6.92 Å². The molecule has 3 aromatic rings. The smallest absolute Gasteiger partial charge is 0.212 e. The molecule has 1 N–H and O–H groups in total. The van der Waals surface area contributed by atoms with Crippen LogP contribution in [0.25, 0.3) is 16.9 Å². The monoisotopic (exact) mass is 319 g/mol. The van der Waals surface area contributed by atoms with E-state index in [9.17, 15) is 4.79 Å². The molecule has 24 heavy (non-hydrogen) atoms. The van der Waals surface area contributed by atoms with Crippen LogP contribution < -0.4 is 5.32 Å². The van der Waals surface area contributed by atoms with Gasteiger partial charge in [-0.2, -0.15) is 0 Å². The number of hydrogen-bond acceptors (Lipinski definition) is 2. The third-order valence-corrected chi connectivity index (χ3v) is 3.92. The highest BCUT2D eigenvalue weighted by atomic mass is 16.1. The van der Waals surface area contributed by atoms with Crippen molar-refractivity contribution in [3.8, 4) is 16.9 Å². The molecule has 1 heterocycles. The Hall–Kier alpha value is -2.88. The molecule has 0 aliphatic rings. The SMILES string of the molecule is CCCc1cccc(-c2cc(NC=O)nn2-c2cccc(C)c2)c1. The van der Waals surface area contributed by atoms with Crippen LogP contribution in [0.15, 0.2) is 54.6 Å². The van der Waals surface area contributed by atoms with Gasteiger partial charge in [-0.05, 0) is 42.7 Å². The number of anilines is 1. The number of nitrogens with one attached hydrogen (secondary N) is 1. The number of benzene rings is 2. The highest BCUT2D eigenvalue weighted by Crippen LogP contribution is 2.27. The lowest BCUT2D eigenvalue weighted by molar-refractivity contribution is -0.105. The highest BCUT2D eigenvalue weighted by Gasteiger charge is 2.12. The van der Waals surface area contributed by atoms with E-state index in [-0.39, 0.29) is 0 Å². The predicted octanol–water partition coefficient (Wildman–Crippen LogP) is 4.37. The van der Waals surface area contributed by atoms with Crippen molar-refractivity contribution in [1.29, 1.82) is 0 Å². The molecule has 0 saturated carbocycles. The second kappa shape index (κ2) is 7.13. The maximum atomic E-state index is 10.8. The van der Waals surface area contributed by atoms with Gasteiger partial charge in [0.2, 0.25) is 6.41 Å². The fourth-order valence-electron chi connectivity index (χ4n) is 2.85. The summed E-state index contributed by atoms with van der Waals surface area (Å²) in [5, 5.41) is 7.19. The standard InChI is InChI=1S/C20H21N3O/c1-3-6-16-8-5-9-17(12-16)19-13-20(21-14-24)22-23(19)18-10-4-7-15(2)11-18/h4-5,7-14H,3,6H2,1-2H3,(H,21,22,24). The van der Waals surface area contributed by atoms with Crippen LogP contribution in [-0.4, -0.2) is 16.2 Å². The van der Waals surface area contributed by atoms with Crippen LogP contribution >= 0.6 is 0 Å². The number of aryl methyl sites for hydroxylation is 2. The van der Waals surface area contributed by atoms with Crippen LogP contribution in [0.1, 0.15) is 24.5 Å². The van der Waals surface area contributed by atoms with Crippen molar-refractivity contribution < 1.29 is 4.79 Å². The van der Waals surface area contributed by atoms with E-state index >= 15 is 0 Å². The lowest BCUT2D eigenvalue weighted by Crippen LogP contribution is -2.01. The van der Waals surface area contributed by atoms with Gasteiger partial charge in [0.15, 0.2) is 5.82 Å². The van der Waals surface area contributed by atoms with E-state index < -0.39 is 0 Å². The van der Waals surface area contributed by atoms with Crippen molar-refractivity contribution in [2.75, 3.05) is 5.32 Å². The van der Waals surface area contributed by atoms with Crippen LogP contribution in [-0.2, 0) is 11.2 Å². The van der Waals surface area contributed by atoms with Gasteiger partial charge in [0.05, 0.1) is 11.4 Å². The quantitative estimate of drug-likeness (QED) is 0.686. The Labute approximate surface area is 142 Å². The second-order valence-electron chi connectivity index (χ2n) is 5.88. The molecule has 0 bridgehead atoms. The Kier molecular flexibility index (Phi) is 4.75. The van der Waals surface area contributed by atoms with Crippen LogP contribution in [0.5, 0.6) is 0 Å². The Morgan fingerprint density at radius 3 is 2.71 bits per heavy atom. The molecule has 0 fully saturated rings. The molecule has 0 spiro atoms. The number of nitrogens with zero attached hydrogens (tertiary/aromatic N) is 2. The van der Waals surface area contributed by atoms with Gasteiger partial charge >= 0.3 is 0 Å². The number of carbonyl (C=O) groups is 1. The molecule has 1 aromatic heterocycles. The van der Waals surface area contributed by atoms with E-state index in [1.165, 1.54) is 11.1 Å². The number of amides is 1. The second-order valence-corrected chi connectivity index (χ2v) is 5.88. The minimum Gasteiger partial charge on any atom is -0.312 e. The zero-order chi connectivity index (χ0) is 16.9. The van der Waals surface area contributed by atoms with Gasteiger partial charge in [0.1, 0.15) is 0 Å². The van der Waals surface area contributed by atoms with Gasteiger partial charge in [-0.25, -0.2) is 4.68 Å². The fourth-order valence-corrected chi connectivity index (χ4v) is 2.85. The Morgan fingerprint density at radius 1 is 1.12 bits per heavy atom. The van der Waals surface area contributed by atoms with E-state index in [0.717, 1.165) is 29.8 Å². The van der Waals surface area contributed by atoms with Gasteiger partial charge in [-0.1, -0.05) is 43.7 Å². The summed E-state index contributed by atoms with van der Waals surface area (Å²) in [6.07, 6.45) is 2.81. The first-order valence-electron chi connectivity index (χ1n) is 8.18. The Morgan fingerprint density at radius 2 is 1.96 bits per heavy atom. The molecule has 0 radical (unpaired) electrons. The maximum Gasteiger partial charge on any atom is 0.212 e. The lowest BCUT2D eigenvalue weighted by Gasteiger charge is -2.09. The average molecular weight is 319 g/mol. The zero-order valence-corrected chi connectivity index (χ0v) is 14.0. The first-order valence-corrected chi connectivity index (χ1v) is 8.18. The molecule has 0 aliphatic carbocycles. The molecular weight excluding hydrogens is 298 g/mol. The lowest BCUT2D eigenvalue weighted by atomic mass is 10.0. The highest BCUT2D eigenvalue weighted by molar-refractivity contribution is 5.74. The van der Waals surface area contributed by atoms with Crippen molar-refractivity contribution in [3.05, 3.63) is 65.7 Å². The van der Waals surface area contributed by atoms with Gasteiger partial charge in [-0.3, -0.25) is 4.79 Å². The van der Waals surface area contributed by atoms with Gasteiger partial charge < -0.3 is 5.32 Å². The third-order valence-electron chi connectivity index (χ3n) is 3.92. The number of carbonyl (C=O) groups excluding carboxylic acids is 1. The fraction of sp³-hybridized carbons (Fsp3) is 0.200. The molecule has 4 nitrogen and oxygen atoms in total. The molecule has 2 aromatic carbocycles. The third kappa shape index (κ3) is 3.38. The van der Waals surface area contributed by atoms with Gasteiger partial charge in [0, 0.05) is 11.6 Å². The van der Waals surface area contributed by atoms with E-state index in [1.807, 2.05) is 22.9 Å². The van der Waals surface area contributed by atoms with Crippen LogP contribution in [0.4, 0.5) is 5.82 Å². The molecule has 122 valence electrons. The summed E-state index contributed by atoms with van der Waals surface area (Å²) in [6.45, 7) is 4.23. The topological polar surface area (TPSA) is 46.9 Å². The minimum absolute atomic E-state index is 0.544. The van der Waals surface area contributed by atoms with E-state index in [2.05, 4.69) is 60.7 Å². The van der Waals surface area contributed by atoms with Crippen molar-refractivity contribution in [2.24, 2.45) is 0 Å². The molecule has 0 saturated heterocycles. The van der Waals surface area contributed by atoms with E-state index in [4.69, 9.17) is 0 Å². The summed E-state index contributed by atoms with van der Waals surface area (Å²) < 4.78 is 1.88. The molecule has 3 rings (SSSR count). The molecule has 4 heteroatoms. The van der Waals surface area contributed by atoms with Crippen LogP contribution in [0.2, 0.25) is 0 Å². The average Bonchev–Trinajstić information content (AvgIpc) is 3.00. The first kappa shape index (κ1) is 16.0. The molecule has 0 atom stereocenters. The summed E-state index contributed by atoms with van der Waals surface area (Å²) in [5.41, 5.74) is 5.50. The number of rotatable bonds is 6. The van der Waals surface area contributed by atoms with Crippen LogP contribution in [0.3, 0.4) is 0 Å². The first-order chi connectivity index (χ1) is 11.7. The zero-order valence-electron chi connectivity index (χ0n) is 14.0. The van der Waals surface area contributed by atoms with Crippen molar-refractivity contribution in [2.45, 2.75) is 26.7 Å². The van der Waals surface area contributed by atoms with Crippen molar-refractivity contribution in [1.82, 2.24) is 9.78 Å². The largest absolute Gasteiger partial charge is 0.312 e. The summed E-state index contributed by atoms with van der Waals surface area (Å²) in [4.78, 5) is 10.8. The van der Waals surface area contributed by atoms with Gasteiger partial charge in [-0.15, -0.1) is 5.10 Å².